The summed E-state index contributed by atoms with van der Waals surface area (Å²) in [5, 5.41) is 2.02. The highest BCUT2D eigenvalue weighted by molar-refractivity contribution is 7.13. The minimum absolute atomic E-state index is 0.102. The number of hydrogen-bond acceptors (Lipinski definition) is 5. The quantitative estimate of drug-likeness (QED) is 0.611. The van der Waals surface area contributed by atoms with Crippen molar-refractivity contribution in [1.82, 2.24) is 9.97 Å². The number of rotatable bonds is 2. The Morgan fingerprint density at radius 1 is 1.56 bits per heavy atom. The number of carbonyl (C=O) groups excluding carboxylic acids is 1. The molecular weight excluding hydrogens is 248 g/mol. The van der Waals surface area contributed by atoms with Crippen LogP contribution in [0.5, 0.6) is 0 Å². The summed E-state index contributed by atoms with van der Waals surface area (Å²) in [6.07, 6.45) is 1.37. The monoisotopic (exact) mass is 254 g/mol. The Bertz CT molecular complexity index is 514. The van der Waals surface area contributed by atoms with E-state index in [-0.39, 0.29) is 10.7 Å². The van der Waals surface area contributed by atoms with E-state index in [0.717, 1.165) is 4.88 Å². The van der Waals surface area contributed by atoms with Crippen LogP contribution < -0.4 is 0 Å². The minimum atomic E-state index is -0.539. The second-order valence-electron chi connectivity index (χ2n) is 2.87. The Hall–Kier alpha value is -1.46. The molecule has 0 amide bonds. The van der Waals surface area contributed by atoms with Crippen LogP contribution in [-0.4, -0.2) is 23.0 Å². The van der Waals surface area contributed by atoms with Crippen molar-refractivity contribution in [2.45, 2.75) is 0 Å². The van der Waals surface area contributed by atoms with Gasteiger partial charge in [-0.05, 0) is 11.4 Å². The first-order valence-electron chi connectivity index (χ1n) is 4.37. The number of aromatic nitrogens is 2. The van der Waals surface area contributed by atoms with Gasteiger partial charge in [-0.25, -0.2) is 14.8 Å². The van der Waals surface area contributed by atoms with E-state index in [1.165, 1.54) is 24.6 Å². The van der Waals surface area contributed by atoms with Gasteiger partial charge in [0.2, 0.25) is 0 Å². The number of halogens is 1. The van der Waals surface area contributed by atoms with Crippen molar-refractivity contribution in [3.05, 3.63) is 34.4 Å². The van der Waals surface area contributed by atoms with E-state index >= 15 is 0 Å². The van der Waals surface area contributed by atoms with E-state index in [0.29, 0.717) is 5.82 Å². The van der Waals surface area contributed by atoms with Gasteiger partial charge in [-0.1, -0.05) is 17.7 Å². The molecule has 2 heterocycles. The molecular formula is C10H7ClN2O2S. The van der Waals surface area contributed by atoms with Gasteiger partial charge in [0.15, 0.2) is 5.82 Å². The van der Waals surface area contributed by atoms with Crippen molar-refractivity contribution in [2.75, 3.05) is 7.11 Å². The third-order valence-electron chi connectivity index (χ3n) is 1.89. The highest BCUT2D eigenvalue weighted by atomic mass is 35.5. The number of thiophene rings is 1. The molecule has 0 atom stereocenters. The fraction of sp³-hybridized carbons (Fsp3) is 0.100. The lowest BCUT2D eigenvalue weighted by Crippen LogP contribution is -2.04. The van der Waals surface area contributed by atoms with Crippen LogP contribution in [0.25, 0.3) is 10.7 Å². The number of carbonyl (C=O) groups is 1. The molecule has 0 spiro atoms. The lowest BCUT2D eigenvalue weighted by atomic mass is 10.3. The van der Waals surface area contributed by atoms with E-state index in [1.807, 2.05) is 17.5 Å². The molecule has 0 radical (unpaired) electrons. The number of nitrogens with zero attached hydrogens (tertiary/aromatic N) is 2. The molecule has 0 unspecified atom stereocenters. The number of methoxy groups -OCH3 is 1. The molecule has 2 aromatic rings. The molecule has 0 N–H and O–H groups in total. The Kier molecular flexibility index (Phi) is 3.17. The summed E-state index contributed by atoms with van der Waals surface area (Å²) in [5.41, 5.74) is 0.171. The van der Waals surface area contributed by atoms with Gasteiger partial charge in [0, 0.05) is 6.20 Å². The predicted molar refractivity (Wildman–Crippen MR) is 61.7 cm³/mol. The third kappa shape index (κ3) is 2.05. The van der Waals surface area contributed by atoms with Crippen LogP contribution in [0.3, 0.4) is 0 Å². The smallest absolute Gasteiger partial charge is 0.342 e. The standard InChI is InChI=1S/C10H7ClN2O2S/c1-15-10(14)6-5-12-9(13-8(6)11)7-3-2-4-16-7/h2-5H,1H3. The second kappa shape index (κ2) is 4.59. The Morgan fingerprint density at radius 2 is 2.38 bits per heavy atom. The summed E-state index contributed by atoms with van der Waals surface area (Å²) in [7, 11) is 1.28. The van der Waals surface area contributed by atoms with E-state index in [4.69, 9.17) is 11.6 Å². The molecule has 4 nitrogen and oxygen atoms in total. The average molecular weight is 255 g/mol. The van der Waals surface area contributed by atoms with Gasteiger partial charge in [-0.2, -0.15) is 0 Å². The highest BCUT2D eigenvalue weighted by Gasteiger charge is 2.14. The molecule has 2 rings (SSSR count). The molecule has 0 aliphatic carbocycles. The summed E-state index contributed by atoms with van der Waals surface area (Å²) in [6.45, 7) is 0. The van der Waals surface area contributed by atoms with Gasteiger partial charge in [0.05, 0.1) is 12.0 Å². The second-order valence-corrected chi connectivity index (χ2v) is 4.17. The first-order chi connectivity index (χ1) is 7.72. The lowest BCUT2D eigenvalue weighted by molar-refractivity contribution is 0.0600. The average Bonchev–Trinajstić information content (AvgIpc) is 2.81. The largest absolute Gasteiger partial charge is 0.465 e. The summed E-state index contributed by atoms with van der Waals surface area (Å²) in [5.74, 6) is -0.0321. The molecule has 82 valence electrons. The van der Waals surface area contributed by atoms with E-state index in [9.17, 15) is 4.79 Å². The molecule has 6 heteroatoms. The molecule has 0 aliphatic heterocycles. The van der Waals surface area contributed by atoms with Crippen LogP contribution in [0, 0.1) is 0 Å². The minimum Gasteiger partial charge on any atom is -0.465 e. The first kappa shape index (κ1) is 11.0. The normalized spacial score (nSPS) is 10.1. The molecule has 0 saturated carbocycles. The van der Waals surface area contributed by atoms with E-state index < -0.39 is 5.97 Å². The zero-order valence-corrected chi connectivity index (χ0v) is 9.88. The van der Waals surface area contributed by atoms with Crippen LogP contribution in [0.1, 0.15) is 10.4 Å². The summed E-state index contributed by atoms with van der Waals surface area (Å²) >= 11 is 7.38. The number of esters is 1. The predicted octanol–water partition coefficient (Wildman–Crippen LogP) is 2.65. The van der Waals surface area contributed by atoms with Gasteiger partial charge in [0.25, 0.3) is 0 Å². The van der Waals surface area contributed by atoms with Crippen LogP contribution in [0.2, 0.25) is 5.15 Å². The topological polar surface area (TPSA) is 52.1 Å². The third-order valence-corrected chi connectivity index (χ3v) is 3.04. The molecule has 0 saturated heterocycles. The number of ether oxygens (including phenoxy) is 1. The van der Waals surface area contributed by atoms with Gasteiger partial charge in [-0.3, -0.25) is 0 Å². The Labute approximate surface area is 101 Å². The van der Waals surface area contributed by atoms with Crippen LogP contribution >= 0.6 is 22.9 Å². The Balaban J connectivity index is 2.41. The molecule has 0 bridgehead atoms. The van der Waals surface area contributed by atoms with Gasteiger partial charge >= 0.3 is 5.97 Å². The van der Waals surface area contributed by atoms with E-state index in [2.05, 4.69) is 14.7 Å². The fourth-order valence-corrected chi connectivity index (χ4v) is 2.00. The zero-order valence-electron chi connectivity index (χ0n) is 8.31. The Morgan fingerprint density at radius 3 is 2.94 bits per heavy atom. The van der Waals surface area contributed by atoms with Crippen LogP contribution in [0.15, 0.2) is 23.7 Å². The maximum absolute atomic E-state index is 11.2. The van der Waals surface area contributed by atoms with Crippen molar-refractivity contribution >= 4 is 28.9 Å². The molecule has 0 fully saturated rings. The molecule has 0 aromatic carbocycles. The summed E-state index contributed by atoms with van der Waals surface area (Å²) in [4.78, 5) is 20.3. The van der Waals surface area contributed by atoms with Crippen molar-refractivity contribution in [2.24, 2.45) is 0 Å². The van der Waals surface area contributed by atoms with Crippen LogP contribution in [0.4, 0.5) is 0 Å². The van der Waals surface area contributed by atoms with Crippen molar-refractivity contribution in [3.63, 3.8) is 0 Å². The summed E-state index contributed by atoms with van der Waals surface area (Å²) < 4.78 is 4.55. The van der Waals surface area contributed by atoms with Gasteiger partial charge in [0.1, 0.15) is 10.7 Å². The lowest BCUT2D eigenvalue weighted by Gasteiger charge is -2.02. The summed E-state index contributed by atoms with van der Waals surface area (Å²) in [6, 6.07) is 3.78. The van der Waals surface area contributed by atoms with Crippen molar-refractivity contribution < 1.29 is 9.53 Å². The van der Waals surface area contributed by atoms with Crippen LogP contribution in [-0.2, 0) is 4.74 Å². The molecule has 16 heavy (non-hydrogen) atoms. The van der Waals surface area contributed by atoms with Gasteiger partial charge in [-0.15, -0.1) is 11.3 Å². The molecule has 0 aliphatic rings. The highest BCUT2D eigenvalue weighted by Crippen LogP contribution is 2.23. The maximum Gasteiger partial charge on any atom is 0.342 e. The van der Waals surface area contributed by atoms with Crippen molar-refractivity contribution in [3.8, 4) is 10.7 Å². The number of hydrogen-bond donors (Lipinski definition) is 0. The van der Waals surface area contributed by atoms with Gasteiger partial charge < -0.3 is 4.74 Å². The SMILES string of the molecule is COC(=O)c1cnc(-c2cccs2)nc1Cl. The van der Waals surface area contributed by atoms with Crippen molar-refractivity contribution in [1.29, 1.82) is 0 Å². The molecule has 2 aromatic heterocycles. The van der Waals surface area contributed by atoms with E-state index in [1.54, 1.807) is 0 Å². The maximum atomic E-state index is 11.2. The zero-order chi connectivity index (χ0) is 11.5. The fourth-order valence-electron chi connectivity index (χ4n) is 1.13. The first-order valence-corrected chi connectivity index (χ1v) is 5.63.